The Balaban J connectivity index is 1.38. The first-order valence-corrected chi connectivity index (χ1v) is 8.38. The van der Waals surface area contributed by atoms with E-state index in [1.165, 1.54) is 30.4 Å². The minimum absolute atomic E-state index is 0.0762. The van der Waals surface area contributed by atoms with Gasteiger partial charge in [-0.25, -0.2) is 0 Å². The van der Waals surface area contributed by atoms with Crippen molar-refractivity contribution in [3.63, 3.8) is 0 Å². The third-order valence-corrected chi connectivity index (χ3v) is 6.57. The Kier molecular flexibility index (Phi) is 2.59. The summed E-state index contributed by atoms with van der Waals surface area (Å²) in [6, 6.07) is 9.52. The van der Waals surface area contributed by atoms with Crippen molar-refractivity contribution in [1.82, 2.24) is 4.90 Å². The molecule has 21 heavy (non-hydrogen) atoms. The zero-order chi connectivity index (χ0) is 14.0. The Morgan fingerprint density at radius 3 is 2.71 bits per heavy atom. The fraction of sp³-hybridized carbons (Fsp3) is 0.667. The lowest BCUT2D eigenvalue weighted by Crippen LogP contribution is -2.39. The van der Waals surface area contributed by atoms with Gasteiger partial charge in [-0.15, -0.1) is 0 Å². The lowest BCUT2D eigenvalue weighted by Gasteiger charge is -2.28. The van der Waals surface area contributed by atoms with E-state index in [2.05, 4.69) is 29.2 Å². The molecule has 3 saturated heterocycles. The number of likely N-dealkylation sites (tertiary alicyclic amines) is 1. The Bertz CT molecular complexity index is 549. The highest BCUT2D eigenvalue weighted by Gasteiger charge is 2.63. The van der Waals surface area contributed by atoms with Crippen LogP contribution >= 0.6 is 0 Å². The highest BCUT2D eigenvalue weighted by atomic mass is 16.5. The molecular formula is C18H23NO2. The third-order valence-electron chi connectivity index (χ3n) is 6.57. The smallest absolute Gasteiger partial charge is 0.0858 e. The molecule has 3 aliphatic heterocycles. The van der Waals surface area contributed by atoms with Crippen LogP contribution in [0.4, 0.5) is 0 Å². The fourth-order valence-electron chi connectivity index (χ4n) is 5.54. The summed E-state index contributed by atoms with van der Waals surface area (Å²) in [6.45, 7) is 2.51. The van der Waals surface area contributed by atoms with E-state index in [-0.39, 0.29) is 5.60 Å². The summed E-state index contributed by atoms with van der Waals surface area (Å²) in [5, 5.41) is 9.73. The zero-order valence-electron chi connectivity index (χ0n) is 12.4. The number of aliphatic hydroxyl groups is 1. The number of fused-ring (bicyclic) bond motifs is 2. The number of benzene rings is 1. The number of aliphatic hydroxyl groups excluding tert-OH is 1. The highest BCUT2D eigenvalue weighted by Crippen LogP contribution is 2.55. The summed E-state index contributed by atoms with van der Waals surface area (Å²) in [5.74, 6) is 0.942. The van der Waals surface area contributed by atoms with Gasteiger partial charge in [0.2, 0.25) is 0 Å². The molecule has 3 heteroatoms. The molecule has 3 fully saturated rings. The maximum Gasteiger partial charge on any atom is 0.0858 e. The first-order chi connectivity index (χ1) is 10.3. The minimum Gasteiger partial charge on any atom is -0.396 e. The van der Waals surface area contributed by atoms with Gasteiger partial charge in [0.1, 0.15) is 0 Å². The van der Waals surface area contributed by atoms with Gasteiger partial charge in [0.25, 0.3) is 0 Å². The van der Waals surface area contributed by atoms with Gasteiger partial charge in [0, 0.05) is 37.6 Å². The first kappa shape index (κ1) is 12.6. The third kappa shape index (κ3) is 1.65. The minimum atomic E-state index is 0.0762. The number of hydrogen-bond acceptors (Lipinski definition) is 3. The van der Waals surface area contributed by atoms with Crippen LogP contribution in [-0.4, -0.2) is 47.4 Å². The van der Waals surface area contributed by atoms with Gasteiger partial charge in [0.05, 0.1) is 11.7 Å². The van der Waals surface area contributed by atoms with Crippen molar-refractivity contribution in [1.29, 1.82) is 0 Å². The van der Waals surface area contributed by atoms with Gasteiger partial charge < -0.3 is 9.84 Å². The number of rotatable bonds is 2. The van der Waals surface area contributed by atoms with E-state index in [0.717, 1.165) is 19.5 Å². The van der Waals surface area contributed by atoms with Crippen LogP contribution in [0.25, 0.3) is 0 Å². The van der Waals surface area contributed by atoms with E-state index in [4.69, 9.17) is 4.74 Å². The standard InChI is InChI=1S/C18H23NO2/c20-10-15-16-9-19(11-18(16)6-5-17(15)21-18)14-7-12-3-1-2-4-13(12)8-14/h1-4,14-17,20H,5-11H2/t15-,16+,17+,18+/m0/s1. The van der Waals surface area contributed by atoms with Gasteiger partial charge in [-0.1, -0.05) is 24.3 Å². The Labute approximate surface area is 125 Å². The molecule has 4 atom stereocenters. The second-order valence-electron chi connectivity index (χ2n) is 7.47. The summed E-state index contributed by atoms with van der Waals surface area (Å²) in [5.41, 5.74) is 3.13. The molecule has 3 heterocycles. The first-order valence-electron chi connectivity index (χ1n) is 8.38. The van der Waals surface area contributed by atoms with Crippen LogP contribution in [0.15, 0.2) is 24.3 Å². The number of nitrogens with zero attached hydrogens (tertiary/aromatic N) is 1. The van der Waals surface area contributed by atoms with E-state index in [0.29, 0.717) is 30.6 Å². The Morgan fingerprint density at radius 1 is 1.24 bits per heavy atom. The predicted molar refractivity (Wildman–Crippen MR) is 80.1 cm³/mol. The van der Waals surface area contributed by atoms with Crippen molar-refractivity contribution < 1.29 is 9.84 Å². The summed E-state index contributed by atoms with van der Waals surface area (Å²) in [6.07, 6.45) is 5.07. The highest BCUT2D eigenvalue weighted by molar-refractivity contribution is 5.33. The second-order valence-corrected chi connectivity index (χ2v) is 7.47. The maximum atomic E-state index is 9.73. The molecule has 1 aromatic rings. The molecule has 4 aliphatic rings. The van der Waals surface area contributed by atoms with Gasteiger partial charge in [-0.05, 0) is 36.8 Å². The zero-order valence-corrected chi connectivity index (χ0v) is 12.4. The SMILES string of the molecule is OC[C@H]1[C@H]2CN(C3Cc4ccccc4C3)C[C@]23CC[C@H]1O3. The fourth-order valence-corrected chi connectivity index (χ4v) is 5.54. The summed E-state index contributed by atoms with van der Waals surface area (Å²) in [4.78, 5) is 2.66. The van der Waals surface area contributed by atoms with Crippen LogP contribution in [0.5, 0.6) is 0 Å². The van der Waals surface area contributed by atoms with Crippen LogP contribution in [0.1, 0.15) is 24.0 Å². The van der Waals surface area contributed by atoms with Crippen molar-refractivity contribution in [2.45, 2.75) is 43.4 Å². The van der Waals surface area contributed by atoms with Crippen LogP contribution in [0.2, 0.25) is 0 Å². The van der Waals surface area contributed by atoms with Crippen molar-refractivity contribution in [3.05, 3.63) is 35.4 Å². The van der Waals surface area contributed by atoms with Crippen LogP contribution in [0, 0.1) is 11.8 Å². The molecule has 0 unspecified atom stereocenters. The normalized spacial score (nSPS) is 41.7. The van der Waals surface area contributed by atoms with Gasteiger partial charge in [-0.3, -0.25) is 4.90 Å². The Hall–Kier alpha value is -0.900. The predicted octanol–water partition coefficient (Wildman–Crippen LogP) is 1.63. The van der Waals surface area contributed by atoms with E-state index in [9.17, 15) is 5.11 Å². The molecule has 0 aromatic heterocycles. The number of ether oxygens (including phenoxy) is 1. The maximum absolute atomic E-state index is 9.73. The van der Waals surface area contributed by atoms with E-state index >= 15 is 0 Å². The lowest BCUT2D eigenvalue weighted by molar-refractivity contribution is -0.00257. The van der Waals surface area contributed by atoms with Crippen molar-refractivity contribution in [2.24, 2.45) is 11.8 Å². The van der Waals surface area contributed by atoms with E-state index < -0.39 is 0 Å². The molecule has 2 bridgehead atoms. The monoisotopic (exact) mass is 285 g/mol. The average Bonchev–Trinajstić information content (AvgIpc) is 3.23. The largest absolute Gasteiger partial charge is 0.396 e. The molecule has 0 radical (unpaired) electrons. The molecule has 1 N–H and O–H groups in total. The molecule has 0 saturated carbocycles. The molecule has 5 rings (SSSR count). The van der Waals surface area contributed by atoms with E-state index in [1.54, 1.807) is 0 Å². The number of hydrogen-bond donors (Lipinski definition) is 1. The van der Waals surface area contributed by atoms with Gasteiger partial charge in [-0.2, -0.15) is 0 Å². The second kappa shape index (κ2) is 4.31. The molecule has 0 amide bonds. The lowest BCUT2D eigenvalue weighted by atomic mass is 9.74. The quantitative estimate of drug-likeness (QED) is 0.896. The van der Waals surface area contributed by atoms with Gasteiger partial charge in [0.15, 0.2) is 0 Å². The van der Waals surface area contributed by atoms with Crippen LogP contribution in [0.3, 0.4) is 0 Å². The van der Waals surface area contributed by atoms with Crippen LogP contribution in [-0.2, 0) is 17.6 Å². The van der Waals surface area contributed by atoms with Crippen molar-refractivity contribution in [2.75, 3.05) is 19.7 Å². The average molecular weight is 285 g/mol. The van der Waals surface area contributed by atoms with Crippen molar-refractivity contribution >= 4 is 0 Å². The van der Waals surface area contributed by atoms with Gasteiger partial charge >= 0.3 is 0 Å². The molecule has 1 aliphatic carbocycles. The topological polar surface area (TPSA) is 32.7 Å². The molecular weight excluding hydrogens is 262 g/mol. The Morgan fingerprint density at radius 2 is 2.00 bits per heavy atom. The molecule has 112 valence electrons. The van der Waals surface area contributed by atoms with Crippen molar-refractivity contribution in [3.8, 4) is 0 Å². The summed E-state index contributed by atoms with van der Waals surface area (Å²) >= 11 is 0. The molecule has 1 spiro atoms. The van der Waals surface area contributed by atoms with E-state index in [1.807, 2.05) is 0 Å². The van der Waals surface area contributed by atoms with Crippen LogP contribution < -0.4 is 0 Å². The summed E-state index contributed by atoms with van der Waals surface area (Å²) < 4.78 is 6.35. The summed E-state index contributed by atoms with van der Waals surface area (Å²) in [7, 11) is 0. The molecule has 3 nitrogen and oxygen atoms in total. The molecule has 1 aromatic carbocycles.